The van der Waals surface area contributed by atoms with E-state index in [2.05, 4.69) is 10.1 Å². The van der Waals surface area contributed by atoms with Crippen molar-refractivity contribution in [2.45, 2.75) is 58.5 Å². The Morgan fingerprint density at radius 3 is 2.60 bits per heavy atom. The molecule has 3 aromatic rings. The Balaban J connectivity index is 1.49. The first-order chi connectivity index (χ1) is 20.5. The Kier molecular flexibility index (Phi) is 8.37. The third-order valence-electron chi connectivity index (χ3n) is 7.89. The molecule has 0 spiro atoms. The molecule has 0 saturated heterocycles. The summed E-state index contributed by atoms with van der Waals surface area (Å²) in [7, 11) is 0. The van der Waals surface area contributed by atoms with E-state index in [0.29, 0.717) is 34.5 Å². The quantitative estimate of drug-likeness (QED) is 0.421. The van der Waals surface area contributed by atoms with Crippen molar-refractivity contribution in [1.82, 2.24) is 24.9 Å². The first-order valence-electron chi connectivity index (χ1n) is 13.7. The highest BCUT2D eigenvalue weighted by molar-refractivity contribution is 6.31. The van der Waals surface area contributed by atoms with E-state index in [1.54, 1.807) is 32.7 Å². The Morgan fingerprint density at radius 2 is 1.95 bits per heavy atom. The smallest absolute Gasteiger partial charge is 0.387 e. The number of carbonyl (C=O) groups is 3. The lowest BCUT2D eigenvalue weighted by molar-refractivity contribution is -0.119. The minimum Gasteiger partial charge on any atom is -0.435 e. The largest absolute Gasteiger partial charge is 0.435 e. The van der Waals surface area contributed by atoms with Crippen LogP contribution in [0.4, 0.5) is 8.78 Å². The molecule has 0 fully saturated rings. The van der Waals surface area contributed by atoms with Gasteiger partial charge in [-0.15, -0.1) is 0 Å². The number of nitriles is 1. The van der Waals surface area contributed by atoms with Gasteiger partial charge in [-0.3, -0.25) is 19.1 Å². The standard InChI is InChI=1S/C30H29ClF2N6O4/c1-16-10-26-24(15-37(16)28(41)20-6-9-25(31)21(11-20)12-34)27-29(42)38(14-22(39(27)36-26)13-35-18(3)40)17(2)19-4-7-23(8-5-19)43-30(32)33/h4-9,11,16-17,22,30H,10,13-15H2,1-3H3,(H,35,40)/t16-,17-,22-/m1/s1. The summed E-state index contributed by atoms with van der Waals surface area (Å²) in [5.74, 6) is -0.822. The van der Waals surface area contributed by atoms with Crippen molar-refractivity contribution < 1.29 is 27.9 Å². The Labute approximate surface area is 251 Å². The molecule has 2 aliphatic rings. The van der Waals surface area contributed by atoms with E-state index >= 15 is 0 Å². The van der Waals surface area contributed by atoms with Gasteiger partial charge in [0.25, 0.3) is 11.8 Å². The second-order valence-corrected chi connectivity index (χ2v) is 11.1. The average Bonchev–Trinajstić information content (AvgIpc) is 3.34. The van der Waals surface area contributed by atoms with Gasteiger partial charge in [0.1, 0.15) is 17.5 Å². The topological polar surface area (TPSA) is 121 Å². The van der Waals surface area contributed by atoms with E-state index in [-0.39, 0.29) is 65.8 Å². The number of fused-ring (bicyclic) bond motifs is 3. The second kappa shape index (κ2) is 12.0. The predicted octanol–water partition coefficient (Wildman–Crippen LogP) is 4.49. The molecule has 13 heteroatoms. The van der Waals surface area contributed by atoms with Crippen molar-refractivity contribution in [3.8, 4) is 11.8 Å². The summed E-state index contributed by atoms with van der Waals surface area (Å²) in [6, 6.07) is 11.5. The fourth-order valence-corrected chi connectivity index (χ4v) is 5.77. The van der Waals surface area contributed by atoms with Crippen molar-refractivity contribution in [2.75, 3.05) is 13.1 Å². The number of carbonyl (C=O) groups excluding carboxylic acids is 3. The SMILES string of the molecule is CC(=O)NC[C@@H]1CN([C@H](C)c2ccc(OC(F)F)cc2)C(=O)c2c3c(nn21)C[C@@H](C)N(C(=O)c1ccc(Cl)c(C#N)c1)C3. The van der Waals surface area contributed by atoms with Gasteiger partial charge in [0, 0.05) is 43.6 Å². The maximum atomic E-state index is 14.1. The Morgan fingerprint density at radius 1 is 1.23 bits per heavy atom. The lowest BCUT2D eigenvalue weighted by Crippen LogP contribution is -2.48. The van der Waals surface area contributed by atoms with Crippen LogP contribution in [0.2, 0.25) is 5.02 Å². The van der Waals surface area contributed by atoms with Gasteiger partial charge in [0.05, 0.1) is 34.9 Å². The number of nitrogens with zero attached hydrogens (tertiary/aromatic N) is 5. The zero-order chi connectivity index (χ0) is 31.0. The van der Waals surface area contributed by atoms with Crippen LogP contribution in [0.25, 0.3) is 0 Å². The van der Waals surface area contributed by atoms with Crippen LogP contribution in [0, 0.1) is 11.3 Å². The number of amides is 3. The molecule has 1 N–H and O–H groups in total. The van der Waals surface area contributed by atoms with Crippen molar-refractivity contribution in [1.29, 1.82) is 5.26 Å². The molecule has 2 aromatic carbocycles. The molecule has 224 valence electrons. The molecule has 10 nitrogen and oxygen atoms in total. The molecule has 0 saturated carbocycles. The number of ether oxygens (including phenoxy) is 1. The molecule has 0 aliphatic carbocycles. The van der Waals surface area contributed by atoms with Crippen LogP contribution in [0.3, 0.4) is 0 Å². The Bertz CT molecular complexity index is 1620. The molecule has 5 rings (SSSR count). The average molecular weight is 611 g/mol. The first kappa shape index (κ1) is 30.0. The molecule has 0 radical (unpaired) electrons. The van der Waals surface area contributed by atoms with Gasteiger partial charge in [-0.25, -0.2) is 0 Å². The van der Waals surface area contributed by atoms with Crippen LogP contribution in [-0.4, -0.2) is 63.0 Å². The van der Waals surface area contributed by atoms with Crippen LogP contribution in [-0.2, 0) is 17.8 Å². The van der Waals surface area contributed by atoms with Crippen molar-refractivity contribution in [3.05, 3.63) is 81.1 Å². The van der Waals surface area contributed by atoms with E-state index in [1.165, 1.54) is 31.2 Å². The third kappa shape index (κ3) is 5.90. The van der Waals surface area contributed by atoms with E-state index in [1.807, 2.05) is 19.9 Å². The summed E-state index contributed by atoms with van der Waals surface area (Å²) in [4.78, 5) is 42.8. The zero-order valence-electron chi connectivity index (χ0n) is 23.7. The highest BCUT2D eigenvalue weighted by atomic mass is 35.5. The summed E-state index contributed by atoms with van der Waals surface area (Å²) < 4.78 is 31.4. The Hall–Kier alpha value is -4.50. The molecular formula is C30H29ClF2N6O4. The fourth-order valence-electron chi connectivity index (χ4n) is 5.61. The maximum absolute atomic E-state index is 14.1. The molecule has 3 heterocycles. The minimum atomic E-state index is -2.95. The maximum Gasteiger partial charge on any atom is 0.387 e. The summed E-state index contributed by atoms with van der Waals surface area (Å²) in [6.07, 6.45) is 0.404. The predicted molar refractivity (Wildman–Crippen MR) is 152 cm³/mol. The summed E-state index contributed by atoms with van der Waals surface area (Å²) >= 11 is 6.07. The van der Waals surface area contributed by atoms with Crippen LogP contribution in [0.5, 0.6) is 5.75 Å². The monoisotopic (exact) mass is 610 g/mol. The number of halogens is 3. The fraction of sp³-hybridized carbons (Fsp3) is 0.367. The number of hydrogen-bond donors (Lipinski definition) is 1. The van der Waals surface area contributed by atoms with Crippen molar-refractivity contribution in [2.24, 2.45) is 0 Å². The number of benzene rings is 2. The normalized spacial score (nSPS) is 18.5. The lowest BCUT2D eigenvalue weighted by Gasteiger charge is -2.38. The molecule has 43 heavy (non-hydrogen) atoms. The number of aromatic nitrogens is 2. The molecule has 2 aliphatic heterocycles. The van der Waals surface area contributed by atoms with Crippen LogP contribution < -0.4 is 10.1 Å². The number of rotatable bonds is 7. The first-order valence-corrected chi connectivity index (χ1v) is 14.1. The van der Waals surface area contributed by atoms with Crippen molar-refractivity contribution in [3.63, 3.8) is 0 Å². The van der Waals surface area contributed by atoms with Crippen LogP contribution >= 0.6 is 11.6 Å². The lowest BCUT2D eigenvalue weighted by atomic mass is 9.96. The van der Waals surface area contributed by atoms with Gasteiger partial charge in [0.15, 0.2) is 0 Å². The summed E-state index contributed by atoms with van der Waals surface area (Å²) in [6.45, 7) is 2.77. The van der Waals surface area contributed by atoms with Crippen LogP contribution in [0.1, 0.15) is 76.1 Å². The molecule has 1 aromatic heterocycles. The van der Waals surface area contributed by atoms with Gasteiger partial charge in [-0.2, -0.15) is 19.1 Å². The van der Waals surface area contributed by atoms with Gasteiger partial charge < -0.3 is 19.9 Å². The highest BCUT2D eigenvalue weighted by Crippen LogP contribution is 2.36. The van der Waals surface area contributed by atoms with E-state index < -0.39 is 12.7 Å². The minimum absolute atomic E-state index is 0.00746. The molecular weight excluding hydrogens is 582 g/mol. The van der Waals surface area contributed by atoms with Gasteiger partial charge in [-0.05, 0) is 49.7 Å². The summed E-state index contributed by atoms with van der Waals surface area (Å²) in [5, 5.41) is 17.2. The zero-order valence-corrected chi connectivity index (χ0v) is 24.4. The molecule has 0 bridgehead atoms. The van der Waals surface area contributed by atoms with Gasteiger partial charge >= 0.3 is 6.61 Å². The molecule has 3 amide bonds. The summed E-state index contributed by atoms with van der Waals surface area (Å²) in [5.41, 5.74) is 2.86. The van der Waals surface area contributed by atoms with E-state index in [9.17, 15) is 28.4 Å². The van der Waals surface area contributed by atoms with E-state index in [4.69, 9.17) is 16.7 Å². The van der Waals surface area contributed by atoms with Gasteiger partial charge in [0.2, 0.25) is 5.91 Å². The molecule has 3 atom stereocenters. The molecule has 0 unspecified atom stereocenters. The van der Waals surface area contributed by atoms with Crippen LogP contribution in [0.15, 0.2) is 42.5 Å². The van der Waals surface area contributed by atoms with Crippen molar-refractivity contribution >= 4 is 29.3 Å². The number of hydrogen-bond acceptors (Lipinski definition) is 6. The number of alkyl halides is 2. The second-order valence-electron chi connectivity index (χ2n) is 10.7. The third-order valence-corrected chi connectivity index (χ3v) is 8.22. The highest BCUT2D eigenvalue weighted by Gasteiger charge is 2.41. The number of nitrogens with one attached hydrogen (secondary N) is 1. The van der Waals surface area contributed by atoms with Gasteiger partial charge in [-0.1, -0.05) is 23.7 Å². The van der Waals surface area contributed by atoms with E-state index in [0.717, 1.165) is 0 Å².